The standard InChI is InChI=1S/C7H7ClN2O/c1-4-5(7(9)11)2-10-3-6(4)8/h2-3H,1H3,(H2,9,11). The SMILES string of the molecule is Cc1c(Cl)cncc1C(N)=O. The van der Waals surface area contributed by atoms with E-state index in [1.165, 1.54) is 12.4 Å². The van der Waals surface area contributed by atoms with Crippen molar-refractivity contribution in [3.8, 4) is 0 Å². The van der Waals surface area contributed by atoms with Crippen LogP contribution in [0.5, 0.6) is 0 Å². The minimum atomic E-state index is -0.502. The van der Waals surface area contributed by atoms with Gasteiger partial charge in [-0.2, -0.15) is 0 Å². The first kappa shape index (κ1) is 8.01. The summed E-state index contributed by atoms with van der Waals surface area (Å²) in [6.45, 7) is 1.73. The second kappa shape index (κ2) is 2.88. The van der Waals surface area contributed by atoms with E-state index in [1.54, 1.807) is 6.92 Å². The number of carbonyl (C=O) groups excluding carboxylic acids is 1. The van der Waals surface area contributed by atoms with Crippen LogP contribution in [0.2, 0.25) is 5.02 Å². The average molecular weight is 171 g/mol. The highest BCUT2D eigenvalue weighted by Gasteiger charge is 2.06. The summed E-state index contributed by atoms with van der Waals surface area (Å²) in [6, 6.07) is 0. The minimum absolute atomic E-state index is 0.373. The molecule has 1 amide bonds. The van der Waals surface area contributed by atoms with Gasteiger partial charge in [-0.3, -0.25) is 9.78 Å². The van der Waals surface area contributed by atoms with E-state index >= 15 is 0 Å². The van der Waals surface area contributed by atoms with Gasteiger partial charge in [-0.15, -0.1) is 0 Å². The Morgan fingerprint density at radius 3 is 2.73 bits per heavy atom. The second-order valence-corrected chi connectivity index (χ2v) is 2.57. The maximum atomic E-state index is 10.7. The summed E-state index contributed by atoms with van der Waals surface area (Å²) in [6.07, 6.45) is 2.88. The van der Waals surface area contributed by atoms with E-state index in [2.05, 4.69) is 4.98 Å². The maximum absolute atomic E-state index is 10.7. The number of aromatic nitrogens is 1. The first-order valence-corrected chi connectivity index (χ1v) is 3.40. The third-order valence-electron chi connectivity index (χ3n) is 1.42. The Hall–Kier alpha value is -1.09. The molecule has 1 rings (SSSR count). The number of carbonyl (C=O) groups is 1. The Labute approximate surface area is 69.2 Å². The van der Waals surface area contributed by atoms with Gasteiger partial charge in [0.1, 0.15) is 0 Å². The van der Waals surface area contributed by atoms with Gasteiger partial charge in [-0.25, -0.2) is 0 Å². The number of pyridine rings is 1. The lowest BCUT2D eigenvalue weighted by Crippen LogP contribution is -2.13. The van der Waals surface area contributed by atoms with Gasteiger partial charge in [0.15, 0.2) is 0 Å². The first-order chi connectivity index (χ1) is 5.13. The average Bonchev–Trinajstić information content (AvgIpc) is 1.94. The highest BCUT2D eigenvalue weighted by atomic mass is 35.5. The highest BCUT2D eigenvalue weighted by molar-refractivity contribution is 6.31. The molecule has 0 aliphatic rings. The van der Waals surface area contributed by atoms with Gasteiger partial charge in [0.05, 0.1) is 10.6 Å². The number of amides is 1. The van der Waals surface area contributed by atoms with Crippen LogP contribution in [0.25, 0.3) is 0 Å². The Bertz CT molecular complexity index is 298. The van der Waals surface area contributed by atoms with Crippen LogP contribution in [-0.4, -0.2) is 10.9 Å². The van der Waals surface area contributed by atoms with Gasteiger partial charge >= 0.3 is 0 Å². The fourth-order valence-corrected chi connectivity index (χ4v) is 0.906. The Kier molecular flexibility index (Phi) is 2.10. The number of halogens is 1. The lowest BCUT2D eigenvalue weighted by Gasteiger charge is -2.00. The van der Waals surface area contributed by atoms with Crippen molar-refractivity contribution in [2.24, 2.45) is 5.73 Å². The number of hydrogen-bond donors (Lipinski definition) is 1. The van der Waals surface area contributed by atoms with Gasteiger partial charge < -0.3 is 5.73 Å². The van der Waals surface area contributed by atoms with E-state index in [9.17, 15) is 4.79 Å². The fourth-order valence-electron chi connectivity index (χ4n) is 0.748. The van der Waals surface area contributed by atoms with Crippen molar-refractivity contribution in [3.05, 3.63) is 28.5 Å². The van der Waals surface area contributed by atoms with Crippen LogP contribution in [0, 0.1) is 6.92 Å². The molecule has 3 nitrogen and oxygen atoms in total. The van der Waals surface area contributed by atoms with Crippen LogP contribution in [-0.2, 0) is 0 Å². The molecule has 1 aromatic rings. The molecule has 0 fully saturated rings. The predicted octanol–water partition coefficient (Wildman–Crippen LogP) is 1.14. The van der Waals surface area contributed by atoms with Crippen LogP contribution < -0.4 is 5.73 Å². The molecule has 0 atom stereocenters. The Balaban J connectivity index is 3.27. The molecule has 0 aromatic carbocycles. The summed E-state index contributed by atoms with van der Waals surface area (Å²) in [5.41, 5.74) is 6.09. The van der Waals surface area contributed by atoms with Crippen LogP contribution in [0.4, 0.5) is 0 Å². The smallest absolute Gasteiger partial charge is 0.250 e. The molecule has 2 N–H and O–H groups in total. The minimum Gasteiger partial charge on any atom is -0.366 e. The van der Waals surface area contributed by atoms with Gasteiger partial charge in [-0.05, 0) is 12.5 Å². The van der Waals surface area contributed by atoms with Crippen molar-refractivity contribution >= 4 is 17.5 Å². The van der Waals surface area contributed by atoms with E-state index in [-0.39, 0.29) is 0 Å². The molecule has 0 saturated heterocycles. The topological polar surface area (TPSA) is 56.0 Å². The number of nitrogens with zero attached hydrogens (tertiary/aromatic N) is 1. The molecule has 0 radical (unpaired) electrons. The monoisotopic (exact) mass is 170 g/mol. The van der Waals surface area contributed by atoms with Crippen LogP contribution >= 0.6 is 11.6 Å². The van der Waals surface area contributed by atoms with Gasteiger partial charge in [0, 0.05) is 12.4 Å². The maximum Gasteiger partial charge on any atom is 0.250 e. The third kappa shape index (κ3) is 1.49. The third-order valence-corrected chi connectivity index (χ3v) is 1.80. The zero-order valence-electron chi connectivity index (χ0n) is 5.97. The first-order valence-electron chi connectivity index (χ1n) is 3.03. The molecule has 4 heteroatoms. The lowest BCUT2D eigenvalue weighted by atomic mass is 10.1. The van der Waals surface area contributed by atoms with Crippen LogP contribution in [0.1, 0.15) is 15.9 Å². The lowest BCUT2D eigenvalue weighted by molar-refractivity contribution is 0.0999. The molecular formula is C7H7ClN2O. The van der Waals surface area contributed by atoms with Crippen molar-refractivity contribution in [2.45, 2.75) is 6.92 Å². The van der Waals surface area contributed by atoms with Crippen molar-refractivity contribution < 1.29 is 4.79 Å². The molecule has 0 saturated carbocycles. The van der Waals surface area contributed by atoms with E-state index in [0.29, 0.717) is 16.1 Å². The second-order valence-electron chi connectivity index (χ2n) is 2.16. The van der Waals surface area contributed by atoms with Crippen molar-refractivity contribution in [2.75, 3.05) is 0 Å². The molecule has 0 unspecified atom stereocenters. The summed E-state index contributed by atoms with van der Waals surface area (Å²) < 4.78 is 0. The summed E-state index contributed by atoms with van der Waals surface area (Å²) in [5.74, 6) is -0.502. The van der Waals surface area contributed by atoms with Crippen molar-refractivity contribution in [1.29, 1.82) is 0 Å². The molecule has 58 valence electrons. The molecule has 11 heavy (non-hydrogen) atoms. The van der Waals surface area contributed by atoms with Gasteiger partial charge in [0.25, 0.3) is 5.91 Å². The van der Waals surface area contributed by atoms with E-state index in [0.717, 1.165) is 0 Å². The summed E-state index contributed by atoms with van der Waals surface area (Å²) >= 11 is 5.69. The van der Waals surface area contributed by atoms with Crippen LogP contribution in [0.15, 0.2) is 12.4 Å². The Morgan fingerprint density at radius 1 is 1.64 bits per heavy atom. The molecule has 1 aromatic heterocycles. The summed E-state index contributed by atoms with van der Waals surface area (Å²) in [5, 5.41) is 0.460. The number of rotatable bonds is 1. The molecular weight excluding hydrogens is 164 g/mol. The molecule has 0 aliphatic carbocycles. The summed E-state index contributed by atoms with van der Waals surface area (Å²) in [7, 11) is 0. The molecule has 0 aliphatic heterocycles. The molecule has 1 heterocycles. The zero-order chi connectivity index (χ0) is 8.43. The number of nitrogens with two attached hydrogens (primary N) is 1. The number of primary amides is 1. The quantitative estimate of drug-likeness (QED) is 0.687. The van der Waals surface area contributed by atoms with Gasteiger partial charge in [-0.1, -0.05) is 11.6 Å². The summed E-state index contributed by atoms with van der Waals surface area (Å²) in [4.78, 5) is 14.4. The van der Waals surface area contributed by atoms with Gasteiger partial charge in [0.2, 0.25) is 0 Å². The Morgan fingerprint density at radius 2 is 2.27 bits per heavy atom. The van der Waals surface area contributed by atoms with E-state index < -0.39 is 5.91 Å². The normalized spacial score (nSPS) is 9.64. The fraction of sp³-hybridized carbons (Fsp3) is 0.143. The van der Waals surface area contributed by atoms with Crippen LogP contribution in [0.3, 0.4) is 0 Å². The van der Waals surface area contributed by atoms with E-state index in [4.69, 9.17) is 17.3 Å². The number of hydrogen-bond acceptors (Lipinski definition) is 2. The zero-order valence-corrected chi connectivity index (χ0v) is 6.72. The predicted molar refractivity (Wildman–Crippen MR) is 42.5 cm³/mol. The largest absolute Gasteiger partial charge is 0.366 e. The van der Waals surface area contributed by atoms with Crippen molar-refractivity contribution in [3.63, 3.8) is 0 Å². The van der Waals surface area contributed by atoms with Crippen molar-refractivity contribution in [1.82, 2.24) is 4.98 Å². The molecule has 0 bridgehead atoms. The van der Waals surface area contributed by atoms with E-state index in [1.807, 2.05) is 0 Å². The molecule has 0 spiro atoms. The highest BCUT2D eigenvalue weighted by Crippen LogP contribution is 2.15.